The zero-order valence-electron chi connectivity index (χ0n) is 10.9. The van der Waals surface area contributed by atoms with Gasteiger partial charge < -0.3 is 15.3 Å². The van der Waals surface area contributed by atoms with E-state index in [2.05, 4.69) is 15.1 Å². The third-order valence-corrected chi connectivity index (χ3v) is 4.09. The van der Waals surface area contributed by atoms with Gasteiger partial charge in [-0.1, -0.05) is 0 Å². The lowest BCUT2D eigenvalue weighted by atomic mass is 10.2. The summed E-state index contributed by atoms with van der Waals surface area (Å²) in [5, 5.41) is 12.6. The number of hydrogen-bond donors (Lipinski definition) is 2. The second-order valence-corrected chi connectivity index (χ2v) is 5.31. The van der Waals surface area contributed by atoms with Crippen LogP contribution in [-0.2, 0) is 0 Å². The lowest BCUT2D eigenvalue weighted by molar-refractivity contribution is 0.154. The van der Waals surface area contributed by atoms with Crippen LogP contribution in [0.4, 0.5) is 0 Å². The van der Waals surface area contributed by atoms with Crippen molar-refractivity contribution in [3.63, 3.8) is 0 Å². The first-order chi connectivity index (χ1) is 8.40. The molecule has 4 heteroatoms. The lowest BCUT2D eigenvalue weighted by Crippen LogP contribution is -2.43. The van der Waals surface area contributed by atoms with E-state index >= 15 is 0 Å². The van der Waals surface area contributed by atoms with Crippen LogP contribution in [0.5, 0.6) is 0 Å². The fourth-order valence-electron chi connectivity index (χ4n) is 2.98. The van der Waals surface area contributed by atoms with E-state index in [1.807, 2.05) is 0 Å². The molecule has 100 valence electrons. The largest absolute Gasteiger partial charge is 0.395 e. The Labute approximate surface area is 105 Å². The van der Waals surface area contributed by atoms with Crippen LogP contribution < -0.4 is 5.32 Å². The predicted octanol–water partition coefficient (Wildman–Crippen LogP) is 0.129. The molecule has 17 heavy (non-hydrogen) atoms. The van der Waals surface area contributed by atoms with Gasteiger partial charge in [0.2, 0.25) is 0 Å². The smallest absolute Gasteiger partial charge is 0.0586 e. The maximum absolute atomic E-state index is 9.24. The molecule has 0 saturated carbocycles. The van der Waals surface area contributed by atoms with Crippen LogP contribution in [-0.4, -0.2) is 73.4 Å². The Bertz CT molecular complexity index is 207. The lowest BCUT2D eigenvalue weighted by Gasteiger charge is -2.28. The standard InChI is InChI=1S/C13H27N3O/c17-12-13-4-3-9-16(13)8-2-1-7-15-10-5-14-6-11-15/h13-14,17H,1-12H2/t13-/m0/s1. The second-order valence-electron chi connectivity index (χ2n) is 5.31. The van der Waals surface area contributed by atoms with Gasteiger partial charge in [-0.2, -0.15) is 0 Å². The van der Waals surface area contributed by atoms with Gasteiger partial charge in [0.25, 0.3) is 0 Å². The van der Waals surface area contributed by atoms with Gasteiger partial charge in [0.1, 0.15) is 0 Å². The highest BCUT2D eigenvalue weighted by Gasteiger charge is 2.22. The summed E-state index contributed by atoms with van der Waals surface area (Å²) in [4.78, 5) is 5.03. The first-order valence-corrected chi connectivity index (χ1v) is 7.18. The van der Waals surface area contributed by atoms with E-state index < -0.39 is 0 Å². The average Bonchev–Trinajstić information content (AvgIpc) is 2.83. The molecular formula is C13H27N3O. The molecule has 2 rings (SSSR count). The zero-order valence-corrected chi connectivity index (χ0v) is 10.9. The Morgan fingerprint density at radius 2 is 1.82 bits per heavy atom. The molecule has 0 aliphatic carbocycles. The van der Waals surface area contributed by atoms with Crippen LogP contribution in [0.3, 0.4) is 0 Å². The van der Waals surface area contributed by atoms with Crippen molar-refractivity contribution in [1.82, 2.24) is 15.1 Å². The summed E-state index contributed by atoms with van der Waals surface area (Å²) in [7, 11) is 0. The Balaban J connectivity index is 1.53. The maximum atomic E-state index is 9.24. The molecule has 0 aromatic heterocycles. The normalized spacial score (nSPS) is 27.7. The number of hydrogen-bond acceptors (Lipinski definition) is 4. The maximum Gasteiger partial charge on any atom is 0.0586 e. The van der Waals surface area contributed by atoms with Crippen molar-refractivity contribution >= 4 is 0 Å². The van der Waals surface area contributed by atoms with Crippen molar-refractivity contribution in [3.05, 3.63) is 0 Å². The number of unbranched alkanes of at least 4 members (excludes halogenated alkanes) is 1. The fourth-order valence-corrected chi connectivity index (χ4v) is 2.98. The number of nitrogens with zero attached hydrogens (tertiary/aromatic N) is 2. The van der Waals surface area contributed by atoms with E-state index in [9.17, 15) is 5.11 Å². The number of likely N-dealkylation sites (tertiary alicyclic amines) is 1. The minimum absolute atomic E-state index is 0.345. The van der Waals surface area contributed by atoms with Crippen molar-refractivity contribution < 1.29 is 5.11 Å². The Morgan fingerprint density at radius 3 is 2.59 bits per heavy atom. The Kier molecular flexibility index (Phi) is 5.71. The molecule has 0 amide bonds. The molecule has 2 saturated heterocycles. The molecule has 2 fully saturated rings. The monoisotopic (exact) mass is 241 g/mol. The Morgan fingerprint density at radius 1 is 1.06 bits per heavy atom. The quantitative estimate of drug-likeness (QED) is 0.648. The molecule has 0 bridgehead atoms. The number of piperazine rings is 1. The molecule has 2 heterocycles. The predicted molar refractivity (Wildman–Crippen MR) is 70.2 cm³/mol. The highest BCUT2D eigenvalue weighted by atomic mass is 16.3. The Hall–Kier alpha value is -0.160. The van der Waals surface area contributed by atoms with E-state index in [0.717, 1.165) is 13.1 Å². The van der Waals surface area contributed by atoms with Gasteiger partial charge in [-0.25, -0.2) is 0 Å². The minimum Gasteiger partial charge on any atom is -0.395 e. The minimum atomic E-state index is 0.345. The summed E-state index contributed by atoms with van der Waals surface area (Å²) >= 11 is 0. The summed E-state index contributed by atoms with van der Waals surface area (Å²) in [6.45, 7) is 8.69. The summed E-state index contributed by atoms with van der Waals surface area (Å²) in [5.41, 5.74) is 0. The third kappa shape index (κ3) is 4.21. The second kappa shape index (κ2) is 7.31. The summed E-state index contributed by atoms with van der Waals surface area (Å²) < 4.78 is 0. The van der Waals surface area contributed by atoms with Crippen molar-refractivity contribution in [2.75, 3.05) is 52.4 Å². The van der Waals surface area contributed by atoms with Gasteiger partial charge in [0.15, 0.2) is 0 Å². The van der Waals surface area contributed by atoms with Crippen molar-refractivity contribution in [1.29, 1.82) is 0 Å². The van der Waals surface area contributed by atoms with Crippen LogP contribution in [0.1, 0.15) is 25.7 Å². The summed E-state index contributed by atoms with van der Waals surface area (Å²) in [6.07, 6.45) is 5.03. The third-order valence-electron chi connectivity index (χ3n) is 4.09. The topological polar surface area (TPSA) is 38.7 Å². The van der Waals surface area contributed by atoms with Crippen molar-refractivity contribution in [2.24, 2.45) is 0 Å². The fraction of sp³-hybridized carbons (Fsp3) is 1.00. The van der Waals surface area contributed by atoms with E-state index in [4.69, 9.17) is 0 Å². The molecule has 2 aliphatic rings. The average molecular weight is 241 g/mol. The highest BCUT2D eigenvalue weighted by Crippen LogP contribution is 2.16. The van der Waals surface area contributed by atoms with E-state index in [1.54, 1.807) is 0 Å². The molecule has 0 radical (unpaired) electrons. The van der Waals surface area contributed by atoms with Gasteiger partial charge in [-0.15, -0.1) is 0 Å². The van der Waals surface area contributed by atoms with Gasteiger partial charge in [-0.3, -0.25) is 4.90 Å². The van der Waals surface area contributed by atoms with Crippen LogP contribution in [0.15, 0.2) is 0 Å². The molecule has 2 aliphatic heterocycles. The van der Waals surface area contributed by atoms with Crippen molar-refractivity contribution in [2.45, 2.75) is 31.7 Å². The number of rotatable bonds is 6. The van der Waals surface area contributed by atoms with Gasteiger partial charge in [0, 0.05) is 32.2 Å². The molecule has 0 spiro atoms. The van der Waals surface area contributed by atoms with Gasteiger partial charge in [0.05, 0.1) is 6.61 Å². The van der Waals surface area contributed by atoms with E-state index in [0.29, 0.717) is 12.6 Å². The summed E-state index contributed by atoms with van der Waals surface area (Å²) in [6, 6.07) is 0.453. The van der Waals surface area contributed by atoms with E-state index in [1.165, 1.54) is 58.4 Å². The van der Waals surface area contributed by atoms with Crippen LogP contribution in [0, 0.1) is 0 Å². The molecule has 0 aromatic carbocycles. The molecule has 0 unspecified atom stereocenters. The van der Waals surface area contributed by atoms with Gasteiger partial charge in [-0.05, 0) is 45.3 Å². The SMILES string of the molecule is OC[C@@H]1CCCN1CCCCN1CCNCC1. The number of nitrogens with one attached hydrogen (secondary N) is 1. The zero-order chi connectivity index (χ0) is 11.9. The van der Waals surface area contributed by atoms with Crippen molar-refractivity contribution in [3.8, 4) is 0 Å². The highest BCUT2D eigenvalue weighted by molar-refractivity contribution is 4.78. The number of aliphatic hydroxyl groups excluding tert-OH is 1. The van der Waals surface area contributed by atoms with Gasteiger partial charge >= 0.3 is 0 Å². The van der Waals surface area contributed by atoms with Crippen LogP contribution in [0.25, 0.3) is 0 Å². The van der Waals surface area contributed by atoms with Crippen LogP contribution in [0.2, 0.25) is 0 Å². The number of aliphatic hydroxyl groups is 1. The molecule has 4 nitrogen and oxygen atoms in total. The molecular weight excluding hydrogens is 214 g/mol. The molecule has 0 aromatic rings. The first-order valence-electron chi connectivity index (χ1n) is 7.18. The van der Waals surface area contributed by atoms with Crippen LogP contribution >= 0.6 is 0 Å². The first kappa shape index (κ1) is 13.3. The summed E-state index contributed by atoms with van der Waals surface area (Å²) in [5.74, 6) is 0. The molecule has 1 atom stereocenters. The van der Waals surface area contributed by atoms with E-state index in [-0.39, 0.29) is 0 Å². The molecule has 2 N–H and O–H groups in total.